The molecule has 1 amide bonds. The van der Waals surface area contributed by atoms with E-state index in [4.69, 9.17) is 9.15 Å². The van der Waals surface area contributed by atoms with Crippen molar-refractivity contribution in [1.29, 1.82) is 0 Å². The number of anilines is 1. The van der Waals surface area contributed by atoms with E-state index in [0.29, 0.717) is 24.4 Å². The molecular formula is C22H24N2O4. The average Bonchev–Trinajstić information content (AvgIpc) is 2.60. The molecule has 0 saturated heterocycles. The van der Waals surface area contributed by atoms with E-state index >= 15 is 0 Å². The number of methoxy groups -OCH3 is 1. The van der Waals surface area contributed by atoms with Gasteiger partial charge in [0.25, 0.3) is 0 Å². The number of nitrogens with zero attached hydrogens (tertiary/aromatic N) is 1. The van der Waals surface area contributed by atoms with Crippen LogP contribution in [0.1, 0.15) is 23.6 Å². The molecule has 0 saturated carbocycles. The number of hydrogen-bond donors (Lipinski definition) is 1. The zero-order valence-corrected chi connectivity index (χ0v) is 16.5. The maximum absolute atomic E-state index is 12.0. The van der Waals surface area contributed by atoms with Gasteiger partial charge in [-0.15, -0.1) is 0 Å². The number of hydrogen-bond acceptors (Lipinski definition) is 5. The summed E-state index contributed by atoms with van der Waals surface area (Å²) in [6, 6.07) is 12.9. The van der Waals surface area contributed by atoms with E-state index in [1.165, 1.54) is 18.6 Å². The third kappa shape index (κ3) is 4.58. The van der Waals surface area contributed by atoms with Crippen molar-refractivity contribution in [3.8, 4) is 5.75 Å². The van der Waals surface area contributed by atoms with Gasteiger partial charge >= 0.3 is 5.63 Å². The van der Waals surface area contributed by atoms with Gasteiger partial charge in [-0.25, -0.2) is 4.79 Å². The van der Waals surface area contributed by atoms with Crippen molar-refractivity contribution in [2.24, 2.45) is 0 Å². The van der Waals surface area contributed by atoms with Crippen molar-refractivity contribution in [2.45, 2.75) is 26.9 Å². The van der Waals surface area contributed by atoms with Crippen molar-refractivity contribution in [3.63, 3.8) is 0 Å². The minimum Gasteiger partial charge on any atom is -0.496 e. The van der Waals surface area contributed by atoms with E-state index in [1.54, 1.807) is 19.2 Å². The first-order chi connectivity index (χ1) is 13.4. The molecule has 1 aromatic heterocycles. The number of nitrogens with one attached hydrogen (secondary N) is 1. The van der Waals surface area contributed by atoms with Crippen LogP contribution in [0.15, 0.2) is 51.7 Å². The van der Waals surface area contributed by atoms with Gasteiger partial charge in [0.05, 0.1) is 7.11 Å². The van der Waals surface area contributed by atoms with Gasteiger partial charge in [-0.3, -0.25) is 9.69 Å². The van der Waals surface area contributed by atoms with Crippen molar-refractivity contribution in [1.82, 2.24) is 4.90 Å². The lowest BCUT2D eigenvalue weighted by Crippen LogP contribution is -2.19. The minimum atomic E-state index is -0.413. The second-order valence-corrected chi connectivity index (χ2v) is 6.97. The molecule has 3 aromatic rings. The predicted molar refractivity (Wildman–Crippen MR) is 110 cm³/mol. The molecule has 146 valence electrons. The molecule has 0 bridgehead atoms. The molecule has 1 N–H and O–H groups in total. The Labute approximate surface area is 163 Å². The van der Waals surface area contributed by atoms with Gasteiger partial charge in [-0.05, 0) is 37.7 Å². The molecule has 0 aliphatic carbocycles. The minimum absolute atomic E-state index is 0.176. The van der Waals surface area contributed by atoms with Gasteiger partial charge < -0.3 is 14.5 Å². The summed E-state index contributed by atoms with van der Waals surface area (Å²) in [5, 5.41) is 3.55. The number of fused-ring (bicyclic) bond motifs is 1. The highest BCUT2D eigenvalue weighted by atomic mass is 16.5. The molecule has 6 nitrogen and oxygen atoms in total. The van der Waals surface area contributed by atoms with Crippen molar-refractivity contribution >= 4 is 22.6 Å². The normalized spacial score (nSPS) is 11.0. The molecule has 3 rings (SSSR count). The smallest absolute Gasteiger partial charge is 0.336 e. The second kappa shape index (κ2) is 8.27. The monoisotopic (exact) mass is 380 g/mol. The Kier molecular flexibility index (Phi) is 5.80. The van der Waals surface area contributed by atoms with E-state index in [2.05, 4.69) is 16.3 Å². The lowest BCUT2D eigenvalue weighted by atomic mass is 10.1. The van der Waals surface area contributed by atoms with Gasteiger partial charge in [-0.2, -0.15) is 0 Å². The number of ether oxygens (including phenoxy) is 1. The first-order valence-corrected chi connectivity index (χ1v) is 9.02. The highest BCUT2D eigenvalue weighted by Gasteiger charge is 2.12. The maximum atomic E-state index is 12.0. The van der Waals surface area contributed by atoms with Gasteiger partial charge in [0.15, 0.2) is 0 Å². The Hall–Kier alpha value is -3.12. The van der Waals surface area contributed by atoms with E-state index in [0.717, 1.165) is 22.3 Å². The van der Waals surface area contributed by atoms with E-state index in [1.807, 2.05) is 32.2 Å². The largest absolute Gasteiger partial charge is 0.496 e. The third-order valence-corrected chi connectivity index (χ3v) is 4.47. The van der Waals surface area contributed by atoms with Gasteiger partial charge in [-0.1, -0.05) is 17.7 Å². The molecular weight excluding hydrogens is 356 g/mol. The summed E-state index contributed by atoms with van der Waals surface area (Å²) >= 11 is 0. The zero-order valence-electron chi connectivity index (χ0n) is 16.5. The first kappa shape index (κ1) is 19.6. The number of benzene rings is 2. The summed E-state index contributed by atoms with van der Waals surface area (Å²) in [4.78, 5) is 25.4. The topological polar surface area (TPSA) is 71.8 Å². The van der Waals surface area contributed by atoms with Crippen molar-refractivity contribution in [3.05, 3.63) is 69.6 Å². The summed E-state index contributed by atoms with van der Waals surface area (Å²) in [5.41, 5.74) is 3.76. The SMILES string of the molecule is COc1ccc(C)cc1CN(C)Cc1cc(=O)oc2cc(NC(C)=O)ccc12. The number of carbonyl (C=O) groups excluding carboxylic acids is 1. The van der Waals surface area contributed by atoms with Crippen molar-refractivity contribution < 1.29 is 13.9 Å². The van der Waals surface area contributed by atoms with Crippen LogP contribution in [0, 0.1) is 6.92 Å². The summed E-state index contributed by atoms with van der Waals surface area (Å²) in [5.74, 6) is 0.666. The van der Waals surface area contributed by atoms with Crippen LogP contribution in [0.3, 0.4) is 0 Å². The van der Waals surface area contributed by atoms with Gasteiger partial charge in [0.2, 0.25) is 5.91 Å². The molecule has 0 unspecified atom stereocenters. The van der Waals surface area contributed by atoms with Crippen LogP contribution in [0.2, 0.25) is 0 Å². The zero-order chi connectivity index (χ0) is 20.3. The molecule has 0 aliphatic heterocycles. The predicted octanol–water partition coefficient (Wildman–Crippen LogP) is 3.70. The van der Waals surface area contributed by atoms with E-state index in [9.17, 15) is 9.59 Å². The number of aryl methyl sites for hydroxylation is 1. The average molecular weight is 380 g/mol. The molecule has 0 atom stereocenters. The molecule has 6 heteroatoms. The van der Waals surface area contributed by atoms with Crippen LogP contribution < -0.4 is 15.7 Å². The Morgan fingerprint density at radius 3 is 2.57 bits per heavy atom. The second-order valence-electron chi connectivity index (χ2n) is 6.97. The molecule has 28 heavy (non-hydrogen) atoms. The molecule has 0 aliphatic rings. The maximum Gasteiger partial charge on any atom is 0.336 e. The lowest BCUT2D eigenvalue weighted by molar-refractivity contribution is -0.114. The van der Waals surface area contributed by atoms with E-state index < -0.39 is 5.63 Å². The van der Waals surface area contributed by atoms with Gasteiger partial charge in [0, 0.05) is 48.8 Å². The highest BCUT2D eigenvalue weighted by Crippen LogP contribution is 2.24. The standard InChI is InChI=1S/C22H24N2O4/c1-14-5-8-20(27-4)17(9-14)13-24(3)12-16-10-22(26)28-21-11-18(23-15(2)25)6-7-19(16)21/h5-11H,12-13H2,1-4H3,(H,23,25). The van der Waals surface area contributed by atoms with Crippen LogP contribution in [-0.2, 0) is 17.9 Å². The molecule has 0 radical (unpaired) electrons. The highest BCUT2D eigenvalue weighted by molar-refractivity contribution is 5.92. The molecule has 2 aromatic carbocycles. The summed E-state index contributed by atoms with van der Waals surface area (Å²) in [6.45, 7) is 4.73. The van der Waals surface area contributed by atoms with Crippen LogP contribution >= 0.6 is 0 Å². The fourth-order valence-corrected chi connectivity index (χ4v) is 3.31. The van der Waals surface area contributed by atoms with Crippen molar-refractivity contribution in [2.75, 3.05) is 19.5 Å². The van der Waals surface area contributed by atoms with Crippen LogP contribution in [0.25, 0.3) is 11.0 Å². The Morgan fingerprint density at radius 2 is 1.86 bits per heavy atom. The number of rotatable bonds is 6. The quantitative estimate of drug-likeness (QED) is 0.660. The summed E-state index contributed by atoms with van der Waals surface area (Å²) < 4.78 is 10.8. The number of amides is 1. The molecule has 0 spiro atoms. The Morgan fingerprint density at radius 1 is 1.11 bits per heavy atom. The first-order valence-electron chi connectivity index (χ1n) is 9.02. The van der Waals surface area contributed by atoms with Gasteiger partial charge in [0.1, 0.15) is 11.3 Å². The fraction of sp³-hybridized carbons (Fsp3) is 0.273. The van der Waals surface area contributed by atoms with E-state index in [-0.39, 0.29) is 5.91 Å². The fourth-order valence-electron chi connectivity index (χ4n) is 3.31. The van der Waals surface area contributed by atoms with Crippen LogP contribution in [-0.4, -0.2) is 25.0 Å². The molecule has 1 heterocycles. The Bertz CT molecular complexity index is 1070. The van der Waals surface area contributed by atoms with Crippen LogP contribution in [0.5, 0.6) is 5.75 Å². The van der Waals surface area contributed by atoms with Crippen LogP contribution in [0.4, 0.5) is 5.69 Å². The number of carbonyl (C=O) groups is 1. The Balaban J connectivity index is 1.88. The summed E-state index contributed by atoms with van der Waals surface area (Å²) in [6.07, 6.45) is 0. The molecule has 0 fully saturated rings. The summed E-state index contributed by atoms with van der Waals surface area (Å²) in [7, 11) is 3.66. The third-order valence-electron chi connectivity index (χ3n) is 4.47. The lowest BCUT2D eigenvalue weighted by Gasteiger charge is -2.19.